The monoisotopic (exact) mass is 418 g/mol. The molecule has 6 heteroatoms. The summed E-state index contributed by atoms with van der Waals surface area (Å²) in [6.45, 7) is 9.85. The Morgan fingerprint density at radius 1 is 1.17 bits per heavy atom. The van der Waals surface area contributed by atoms with Crippen LogP contribution < -0.4 is 0 Å². The lowest BCUT2D eigenvalue weighted by Crippen LogP contribution is -2.49. The second-order valence-electron chi connectivity index (χ2n) is 7.59. The zero-order valence-corrected chi connectivity index (χ0v) is 18.4. The number of allylic oxidation sites excluding steroid dienone is 4. The molecule has 29 heavy (non-hydrogen) atoms. The fourth-order valence-corrected chi connectivity index (χ4v) is 5.47. The van der Waals surface area contributed by atoms with Crippen LogP contribution in [0.2, 0.25) is 0 Å². The number of ether oxygens (including phenoxy) is 1. The Balaban J connectivity index is 1.80. The fraction of sp³-hybridized carbons (Fsp3) is 0.609. The highest BCUT2D eigenvalue weighted by molar-refractivity contribution is 7.93. The first kappa shape index (κ1) is 23.7. The summed E-state index contributed by atoms with van der Waals surface area (Å²) in [5, 5.41) is 0. The molecule has 0 unspecified atom stereocenters. The topological polar surface area (TPSA) is 49.9 Å². The molecule has 0 aromatic heterocycles. The van der Waals surface area contributed by atoms with Crippen LogP contribution in [-0.4, -0.2) is 63.1 Å². The van der Waals surface area contributed by atoms with Gasteiger partial charge in [-0.2, -0.15) is 4.31 Å². The van der Waals surface area contributed by atoms with E-state index in [1.54, 1.807) is 22.5 Å². The summed E-state index contributed by atoms with van der Waals surface area (Å²) in [7, 11) is -3.52. The number of sulfonamides is 1. The number of hydrogen-bond donors (Lipinski definition) is 0. The van der Waals surface area contributed by atoms with Crippen LogP contribution in [0.3, 0.4) is 0 Å². The first-order valence-electron chi connectivity index (χ1n) is 10.5. The molecule has 2 heterocycles. The second kappa shape index (κ2) is 12.2. The van der Waals surface area contributed by atoms with E-state index in [9.17, 15) is 8.42 Å². The molecule has 5 nitrogen and oxygen atoms in total. The van der Waals surface area contributed by atoms with Gasteiger partial charge in [0.1, 0.15) is 11.5 Å². The van der Waals surface area contributed by atoms with E-state index in [1.807, 2.05) is 13.0 Å². The molecule has 0 atom stereocenters. The molecule has 0 aromatic rings. The molecule has 2 rings (SSSR count). The standard InChI is InChI=1S/C23H34N2O3S/c1-4-7-8-9-23(6-3)29(26,27)25-17-12-22(13-18-25)24-15-10-21(11-16-24)14-20-28-19-5-2/h2,4,7-9,21-22H,3,10-20H2,1H3/b7-4-,9-8-. The summed E-state index contributed by atoms with van der Waals surface area (Å²) in [4.78, 5) is 2.68. The SMILES string of the molecule is C#CCOCCC1CCN(C2CCN(S(=O)(=O)C(=C=C)/C=C\C=C/C)CC2)CC1. The van der Waals surface area contributed by atoms with E-state index < -0.39 is 10.0 Å². The van der Waals surface area contributed by atoms with Crippen LogP contribution in [0.1, 0.15) is 39.0 Å². The average molecular weight is 419 g/mol. The van der Waals surface area contributed by atoms with Crippen molar-refractivity contribution in [3.63, 3.8) is 0 Å². The van der Waals surface area contributed by atoms with Gasteiger partial charge in [0.2, 0.25) is 10.0 Å². The molecule has 2 aliphatic rings. The minimum atomic E-state index is -3.52. The minimum Gasteiger partial charge on any atom is -0.369 e. The van der Waals surface area contributed by atoms with Gasteiger partial charge in [-0.1, -0.05) is 30.7 Å². The van der Waals surface area contributed by atoms with Crippen molar-refractivity contribution >= 4 is 10.0 Å². The van der Waals surface area contributed by atoms with Crippen LogP contribution in [0.25, 0.3) is 0 Å². The van der Waals surface area contributed by atoms with Crippen LogP contribution in [0.15, 0.2) is 41.5 Å². The van der Waals surface area contributed by atoms with E-state index >= 15 is 0 Å². The van der Waals surface area contributed by atoms with E-state index in [1.165, 1.54) is 12.8 Å². The van der Waals surface area contributed by atoms with Crippen LogP contribution in [0.4, 0.5) is 0 Å². The molecule has 0 spiro atoms. The molecule has 0 bridgehead atoms. The molecule has 0 N–H and O–H groups in total. The molecule has 0 radical (unpaired) electrons. The summed E-state index contributed by atoms with van der Waals surface area (Å²) in [6.07, 6.45) is 17.3. The van der Waals surface area contributed by atoms with Gasteiger partial charge in [0.25, 0.3) is 0 Å². The Labute approximate surface area is 176 Å². The van der Waals surface area contributed by atoms with Gasteiger partial charge < -0.3 is 9.64 Å². The Morgan fingerprint density at radius 3 is 2.45 bits per heavy atom. The predicted octanol–water partition coefficient (Wildman–Crippen LogP) is 3.33. The molecular weight excluding hydrogens is 384 g/mol. The smallest absolute Gasteiger partial charge is 0.250 e. The van der Waals surface area contributed by atoms with E-state index in [4.69, 9.17) is 11.2 Å². The third-order valence-electron chi connectivity index (χ3n) is 5.79. The minimum absolute atomic E-state index is 0.141. The highest BCUT2D eigenvalue weighted by Crippen LogP contribution is 2.27. The van der Waals surface area contributed by atoms with Gasteiger partial charge in [-0.3, -0.25) is 0 Å². The highest BCUT2D eigenvalue weighted by Gasteiger charge is 2.33. The van der Waals surface area contributed by atoms with Gasteiger partial charge in [-0.25, -0.2) is 8.42 Å². The summed E-state index contributed by atoms with van der Waals surface area (Å²) in [5.41, 5.74) is 2.59. The summed E-state index contributed by atoms with van der Waals surface area (Å²) in [6, 6.07) is 0.467. The normalized spacial score (nSPS) is 20.8. The van der Waals surface area contributed by atoms with Crippen molar-refractivity contribution in [2.45, 2.75) is 45.1 Å². The zero-order valence-electron chi connectivity index (χ0n) is 17.6. The summed E-state index contributed by atoms with van der Waals surface area (Å²) >= 11 is 0. The lowest BCUT2D eigenvalue weighted by atomic mass is 9.91. The van der Waals surface area contributed by atoms with Gasteiger partial charge in [0.05, 0.1) is 0 Å². The van der Waals surface area contributed by atoms with Crippen molar-refractivity contribution in [1.29, 1.82) is 0 Å². The zero-order chi connectivity index (χ0) is 21.1. The van der Waals surface area contributed by atoms with Crippen molar-refractivity contribution in [3.8, 4) is 12.3 Å². The third-order valence-corrected chi connectivity index (χ3v) is 7.67. The molecule has 0 saturated carbocycles. The summed E-state index contributed by atoms with van der Waals surface area (Å²) < 4.78 is 32.7. The van der Waals surface area contributed by atoms with Crippen molar-refractivity contribution < 1.29 is 13.2 Å². The second-order valence-corrected chi connectivity index (χ2v) is 9.49. The van der Waals surface area contributed by atoms with Crippen LogP contribution in [-0.2, 0) is 14.8 Å². The maximum absolute atomic E-state index is 12.9. The van der Waals surface area contributed by atoms with Crippen molar-refractivity contribution in [3.05, 3.63) is 41.5 Å². The molecule has 0 amide bonds. The summed E-state index contributed by atoms with van der Waals surface area (Å²) in [5.74, 6) is 3.20. The number of nitrogens with zero attached hydrogens (tertiary/aromatic N) is 2. The molecule has 0 aromatic carbocycles. The average Bonchev–Trinajstić information content (AvgIpc) is 2.75. The van der Waals surface area contributed by atoms with Gasteiger partial charge in [-0.05, 0) is 64.1 Å². The largest absolute Gasteiger partial charge is 0.369 e. The lowest BCUT2D eigenvalue weighted by molar-refractivity contribution is 0.0808. The first-order chi connectivity index (χ1) is 14.0. The maximum atomic E-state index is 12.9. The number of terminal acetylenes is 1. The van der Waals surface area contributed by atoms with E-state index in [2.05, 4.69) is 23.1 Å². The van der Waals surface area contributed by atoms with Crippen LogP contribution in [0.5, 0.6) is 0 Å². The molecular formula is C23H34N2O3S. The number of rotatable bonds is 9. The predicted molar refractivity (Wildman–Crippen MR) is 119 cm³/mol. The Kier molecular flexibility index (Phi) is 9.93. The molecule has 2 fully saturated rings. The van der Waals surface area contributed by atoms with E-state index in [0.717, 1.165) is 39.0 Å². The van der Waals surface area contributed by atoms with Crippen molar-refractivity contribution in [2.75, 3.05) is 39.4 Å². The first-order valence-corrected chi connectivity index (χ1v) is 11.9. The molecule has 0 aliphatic carbocycles. The number of hydrogen-bond acceptors (Lipinski definition) is 4. The van der Waals surface area contributed by atoms with Gasteiger partial charge in [0.15, 0.2) is 0 Å². The van der Waals surface area contributed by atoms with Gasteiger partial charge >= 0.3 is 0 Å². The fourth-order valence-electron chi connectivity index (χ4n) is 4.06. The molecule has 2 aliphatic heterocycles. The van der Waals surface area contributed by atoms with Crippen LogP contribution in [0, 0.1) is 18.3 Å². The Bertz CT molecular complexity index is 756. The molecule has 2 saturated heterocycles. The van der Waals surface area contributed by atoms with E-state index in [-0.39, 0.29) is 4.91 Å². The van der Waals surface area contributed by atoms with Gasteiger partial charge in [0, 0.05) is 25.7 Å². The van der Waals surface area contributed by atoms with Crippen molar-refractivity contribution in [1.82, 2.24) is 9.21 Å². The van der Waals surface area contributed by atoms with Crippen LogP contribution >= 0.6 is 0 Å². The molecule has 160 valence electrons. The van der Waals surface area contributed by atoms with Crippen molar-refractivity contribution in [2.24, 2.45) is 5.92 Å². The lowest BCUT2D eigenvalue weighted by Gasteiger charge is -2.41. The number of likely N-dealkylation sites (tertiary alicyclic amines) is 1. The maximum Gasteiger partial charge on any atom is 0.250 e. The van der Waals surface area contributed by atoms with Gasteiger partial charge in [-0.15, -0.1) is 12.2 Å². The highest BCUT2D eigenvalue weighted by atomic mass is 32.2. The third kappa shape index (κ3) is 6.99. The Hall–Kier alpha value is -1.61. The number of piperidine rings is 2. The Morgan fingerprint density at radius 2 is 1.86 bits per heavy atom. The van der Waals surface area contributed by atoms with E-state index in [0.29, 0.717) is 31.7 Å². The quantitative estimate of drug-likeness (QED) is 0.249.